The van der Waals surface area contributed by atoms with Crippen molar-refractivity contribution in [2.45, 2.75) is 0 Å². The molecule has 0 atom stereocenters. The topological polar surface area (TPSA) is 0 Å². The normalized spacial score (nSPS) is 10.5. The molecule has 2 heteroatoms. The third-order valence-electron chi connectivity index (χ3n) is 2.46. The van der Waals surface area contributed by atoms with E-state index >= 15 is 0 Å². The molecule has 3 rings (SSSR count). The molecular weight excluding hydrogens is 232 g/mol. The van der Waals surface area contributed by atoms with Gasteiger partial charge in [0.05, 0.1) is 0 Å². The van der Waals surface area contributed by atoms with E-state index in [9.17, 15) is 0 Å². The van der Waals surface area contributed by atoms with E-state index in [0.717, 1.165) is 0 Å². The minimum absolute atomic E-state index is 1.30. The lowest BCUT2D eigenvalue weighted by molar-refractivity contribution is 1.70. The summed E-state index contributed by atoms with van der Waals surface area (Å²) in [6, 6.07) is 17.1. The third kappa shape index (κ3) is 1.82. The Morgan fingerprint density at radius 2 is 1.56 bits per heavy atom. The fourth-order valence-corrected chi connectivity index (χ4v) is 3.37. The molecule has 16 heavy (non-hydrogen) atoms. The Labute approximate surface area is 103 Å². The van der Waals surface area contributed by atoms with Gasteiger partial charge < -0.3 is 0 Å². The molecule has 2 aromatic heterocycles. The number of rotatable bonds is 2. The van der Waals surface area contributed by atoms with Gasteiger partial charge in [-0.05, 0) is 23.1 Å². The van der Waals surface area contributed by atoms with Gasteiger partial charge in [0.1, 0.15) is 0 Å². The van der Waals surface area contributed by atoms with Gasteiger partial charge in [-0.25, -0.2) is 0 Å². The van der Waals surface area contributed by atoms with Gasteiger partial charge in [0.2, 0.25) is 0 Å². The van der Waals surface area contributed by atoms with Crippen LogP contribution in [0.15, 0.2) is 59.3 Å². The highest BCUT2D eigenvalue weighted by Gasteiger charge is 2.04. The van der Waals surface area contributed by atoms with Crippen molar-refractivity contribution in [1.82, 2.24) is 0 Å². The third-order valence-corrected chi connectivity index (χ3v) is 4.36. The van der Waals surface area contributed by atoms with Gasteiger partial charge in [-0.2, -0.15) is 0 Å². The quantitative estimate of drug-likeness (QED) is 0.583. The van der Waals surface area contributed by atoms with Crippen LogP contribution in [-0.2, 0) is 0 Å². The Morgan fingerprint density at radius 3 is 2.31 bits per heavy atom. The van der Waals surface area contributed by atoms with E-state index in [4.69, 9.17) is 0 Å². The van der Waals surface area contributed by atoms with Crippen LogP contribution in [-0.4, -0.2) is 0 Å². The molecule has 0 unspecified atom stereocenters. The Hall–Kier alpha value is -1.38. The van der Waals surface area contributed by atoms with E-state index in [1.807, 2.05) is 11.3 Å². The highest BCUT2D eigenvalue weighted by atomic mass is 32.1. The number of hydrogen-bond donors (Lipinski definition) is 0. The first-order chi connectivity index (χ1) is 7.93. The smallest absolute Gasteiger partial charge is 0.0351 e. The fourth-order valence-electron chi connectivity index (χ4n) is 1.66. The molecule has 0 spiro atoms. The summed E-state index contributed by atoms with van der Waals surface area (Å²) < 4.78 is 0. The molecule has 3 aromatic rings. The lowest BCUT2D eigenvalue weighted by atomic mass is 10.1. The summed E-state index contributed by atoms with van der Waals surface area (Å²) in [4.78, 5) is 2.68. The number of hydrogen-bond acceptors (Lipinski definition) is 2. The van der Waals surface area contributed by atoms with Crippen LogP contribution in [0.3, 0.4) is 0 Å². The van der Waals surface area contributed by atoms with E-state index in [1.54, 1.807) is 11.3 Å². The molecule has 78 valence electrons. The van der Waals surface area contributed by atoms with Gasteiger partial charge in [0, 0.05) is 20.7 Å². The Balaban J connectivity index is 2.00. The minimum Gasteiger partial charge on any atom is -0.144 e. The summed E-state index contributed by atoms with van der Waals surface area (Å²) in [6.07, 6.45) is 0. The van der Waals surface area contributed by atoms with E-state index < -0.39 is 0 Å². The van der Waals surface area contributed by atoms with E-state index in [0.29, 0.717) is 0 Å². The summed E-state index contributed by atoms with van der Waals surface area (Å²) in [5.41, 5.74) is 2.63. The second-order valence-corrected chi connectivity index (χ2v) is 5.40. The van der Waals surface area contributed by atoms with Gasteiger partial charge in [-0.15, -0.1) is 22.7 Å². The van der Waals surface area contributed by atoms with Crippen LogP contribution in [0.25, 0.3) is 20.9 Å². The van der Waals surface area contributed by atoms with Crippen LogP contribution >= 0.6 is 22.7 Å². The zero-order valence-corrected chi connectivity index (χ0v) is 10.2. The largest absolute Gasteiger partial charge is 0.144 e. The van der Waals surface area contributed by atoms with Crippen LogP contribution in [0.2, 0.25) is 0 Å². The van der Waals surface area contributed by atoms with E-state index in [-0.39, 0.29) is 0 Å². The average Bonchev–Trinajstić information content (AvgIpc) is 3.01. The van der Waals surface area contributed by atoms with E-state index in [1.165, 1.54) is 20.9 Å². The monoisotopic (exact) mass is 242 g/mol. The Morgan fingerprint density at radius 1 is 0.688 bits per heavy atom. The Bertz CT molecular complexity index is 562. The van der Waals surface area contributed by atoms with Crippen molar-refractivity contribution in [3.8, 4) is 20.9 Å². The molecule has 0 fully saturated rings. The molecule has 0 nitrogen and oxygen atoms in total. The SMILES string of the molecule is c1ccc(-c2cc(-c3cccs3)cs2)cc1. The maximum absolute atomic E-state index is 2.27. The van der Waals surface area contributed by atoms with Crippen LogP contribution in [0.5, 0.6) is 0 Å². The minimum atomic E-state index is 1.30. The molecule has 0 aliphatic carbocycles. The molecular formula is C14H10S2. The maximum Gasteiger partial charge on any atom is 0.0351 e. The van der Waals surface area contributed by atoms with Crippen LogP contribution in [0.1, 0.15) is 0 Å². The first kappa shape index (κ1) is 9.82. The predicted octanol–water partition coefficient (Wildman–Crippen LogP) is 5.14. The summed E-state index contributed by atoms with van der Waals surface area (Å²) in [6.45, 7) is 0. The summed E-state index contributed by atoms with van der Waals surface area (Å²) >= 11 is 3.60. The van der Waals surface area contributed by atoms with Gasteiger partial charge >= 0.3 is 0 Å². The van der Waals surface area contributed by atoms with Crippen molar-refractivity contribution in [1.29, 1.82) is 0 Å². The van der Waals surface area contributed by atoms with E-state index in [2.05, 4.69) is 59.3 Å². The van der Waals surface area contributed by atoms with Gasteiger partial charge in [-0.1, -0.05) is 36.4 Å². The molecule has 2 heterocycles. The second kappa shape index (κ2) is 4.24. The Kier molecular flexibility index (Phi) is 2.60. The van der Waals surface area contributed by atoms with Gasteiger partial charge in [0.15, 0.2) is 0 Å². The lowest BCUT2D eigenvalue weighted by Crippen LogP contribution is -1.68. The lowest BCUT2D eigenvalue weighted by Gasteiger charge is -1.94. The zero-order valence-electron chi connectivity index (χ0n) is 8.59. The number of benzene rings is 1. The standard InChI is InChI=1S/C14H10S2/c1-2-5-11(6-3-1)14-9-12(10-16-14)13-7-4-8-15-13/h1-10H. The van der Waals surface area contributed by atoms with Crippen LogP contribution in [0.4, 0.5) is 0 Å². The first-order valence-electron chi connectivity index (χ1n) is 5.11. The van der Waals surface area contributed by atoms with Gasteiger partial charge in [0.25, 0.3) is 0 Å². The molecule has 0 N–H and O–H groups in total. The zero-order chi connectivity index (χ0) is 10.8. The van der Waals surface area contributed by atoms with Crippen LogP contribution in [0, 0.1) is 0 Å². The molecule has 0 radical (unpaired) electrons. The summed E-state index contributed by atoms with van der Waals surface area (Å²) in [5, 5.41) is 4.35. The van der Waals surface area contributed by atoms with Crippen molar-refractivity contribution in [3.05, 3.63) is 59.3 Å². The second-order valence-electron chi connectivity index (χ2n) is 3.54. The van der Waals surface area contributed by atoms with Crippen molar-refractivity contribution in [2.24, 2.45) is 0 Å². The highest BCUT2D eigenvalue weighted by molar-refractivity contribution is 7.16. The first-order valence-corrected chi connectivity index (χ1v) is 6.87. The highest BCUT2D eigenvalue weighted by Crippen LogP contribution is 2.34. The number of thiophene rings is 2. The summed E-state index contributed by atoms with van der Waals surface area (Å²) in [5.74, 6) is 0. The molecule has 1 aromatic carbocycles. The van der Waals surface area contributed by atoms with Crippen molar-refractivity contribution in [2.75, 3.05) is 0 Å². The van der Waals surface area contributed by atoms with Crippen molar-refractivity contribution >= 4 is 22.7 Å². The predicted molar refractivity (Wildman–Crippen MR) is 73.1 cm³/mol. The molecule has 0 bridgehead atoms. The maximum atomic E-state index is 2.27. The molecule has 0 amide bonds. The fraction of sp³-hybridized carbons (Fsp3) is 0. The average molecular weight is 242 g/mol. The molecule has 0 saturated heterocycles. The van der Waals surface area contributed by atoms with Crippen LogP contribution < -0.4 is 0 Å². The summed E-state index contributed by atoms with van der Waals surface area (Å²) in [7, 11) is 0. The molecule has 0 aliphatic rings. The molecule has 0 saturated carbocycles. The van der Waals surface area contributed by atoms with Crippen molar-refractivity contribution < 1.29 is 0 Å². The van der Waals surface area contributed by atoms with Gasteiger partial charge in [-0.3, -0.25) is 0 Å². The molecule has 0 aliphatic heterocycles. The van der Waals surface area contributed by atoms with Crippen molar-refractivity contribution in [3.63, 3.8) is 0 Å².